The van der Waals surface area contributed by atoms with Crippen molar-refractivity contribution in [3.63, 3.8) is 0 Å². The Morgan fingerprint density at radius 1 is 1.25 bits per heavy atom. The zero-order chi connectivity index (χ0) is 16.9. The van der Waals surface area contributed by atoms with Crippen LogP contribution in [0.1, 0.15) is 36.2 Å². The molecule has 24 heavy (non-hydrogen) atoms. The maximum absolute atomic E-state index is 12.5. The highest BCUT2D eigenvalue weighted by molar-refractivity contribution is 6.31. The molecule has 7 heteroatoms. The molecule has 2 N–H and O–H groups in total. The van der Waals surface area contributed by atoms with Crippen LogP contribution in [0, 0.1) is 0 Å². The predicted molar refractivity (Wildman–Crippen MR) is 93.9 cm³/mol. The number of hydrogen-bond acceptors (Lipinski definition) is 5. The lowest BCUT2D eigenvalue weighted by atomic mass is 10.2. The van der Waals surface area contributed by atoms with Gasteiger partial charge >= 0.3 is 0 Å². The van der Waals surface area contributed by atoms with Crippen molar-refractivity contribution in [2.45, 2.75) is 31.7 Å². The maximum atomic E-state index is 12.5. The fourth-order valence-electron chi connectivity index (χ4n) is 2.80. The van der Waals surface area contributed by atoms with Crippen LogP contribution in [0.4, 0.5) is 11.5 Å². The second-order valence-corrected chi connectivity index (χ2v) is 6.15. The minimum Gasteiger partial charge on any atom is -0.495 e. The first-order valence-electron chi connectivity index (χ1n) is 7.89. The summed E-state index contributed by atoms with van der Waals surface area (Å²) in [4.78, 5) is 20.7. The van der Waals surface area contributed by atoms with Gasteiger partial charge in [-0.25, -0.2) is 9.97 Å². The molecule has 0 saturated heterocycles. The van der Waals surface area contributed by atoms with Gasteiger partial charge in [-0.05, 0) is 31.0 Å². The van der Waals surface area contributed by atoms with E-state index >= 15 is 0 Å². The van der Waals surface area contributed by atoms with Crippen LogP contribution in [-0.2, 0) is 0 Å². The van der Waals surface area contributed by atoms with Crippen LogP contribution < -0.4 is 15.4 Å². The van der Waals surface area contributed by atoms with Gasteiger partial charge in [0, 0.05) is 17.1 Å². The van der Waals surface area contributed by atoms with Gasteiger partial charge in [-0.2, -0.15) is 0 Å². The number of methoxy groups -OCH3 is 1. The molecule has 0 spiro atoms. The summed E-state index contributed by atoms with van der Waals surface area (Å²) in [5, 5.41) is 6.64. The van der Waals surface area contributed by atoms with Crippen LogP contribution in [0.25, 0.3) is 0 Å². The van der Waals surface area contributed by atoms with Gasteiger partial charge in [-0.15, -0.1) is 0 Å². The second-order valence-electron chi connectivity index (χ2n) is 5.71. The number of halogens is 1. The van der Waals surface area contributed by atoms with Gasteiger partial charge in [0.25, 0.3) is 5.91 Å². The summed E-state index contributed by atoms with van der Waals surface area (Å²) in [5.41, 5.74) is 0.784. The summed E-state index contributed by atoms with van der Waals surface area (Å²) < 4.78 is 5.23. The van der Waals surface area contributed by atoms with Crippen LogP contribution in [0.5, 0.6) is 5.75 Å². The number of aromatic nitrogens is 2. The number of ether oxygens (including phenoxy) is 1. The molecule has 126 valence electrons. The predicted octanol–water partition coefficient (Wildman–Crippen LogP) is 3.75. The van der Waals surface area contributed by atoms with E-state index in [0.29, 0.717) is 28.3 Å². The van der Waals surface area contributed by atoms with E-state index in [0.717, 1.165) is 12.8 Å². The third kappa shape index (κ3) is 3.94. The van der Waals surface area contributed by atoms with Crippen LogP contribution in [0.15, 0.2) is 30.6 Å². The molecule has 6 nitrogen and oxygen atoms in total. The smallest absolute Gasteiger partial charge is 0.274 e. The zero-order valence-electron chi connectivity index (χ0n) is 13.4. The Morgan fingerprint density at radius 2 is 2.04 bits per heavy atom. The van der Waals surface area contributed by atoms with Crippen LogP contribution >= 0.6 is 11.6 Å². The summed E-state index contributed by atoms with van der Waals surface area (Å²) in [6, 6.07) is 7.11. The standard InChI is InChI=1S/C17H19ClN4O2/c1-24-15-7-6-11(18)8-13(15)22-17(23)14-9-16(20-10-19-14)21-12-4-2-3-5-12/h6-10,12H,2-5H2,1H3,(H,22,23)(H,19,20,21). The lowest BCUT2D eigenvalue weighted by Crippen LogP contribution is -2.18. The number of carbonyl (C=O) groups is 1. The molecule has 1 amide bonds. The largest absolute Gasteiger partial charge is 0.495 e. The molecule has 2 aromatic rings. The highest BCUT2D eigenvalue weighted by atomic mass is 35.5. The SMILES string of the molecule is COc1ccc(Cl)cc1NC(=O)c1cc(NC2CCCC2)ncn1. The number of benzene rings is 1. The van der Waals surface area contributed by atoms with E-state index in [-0.39, 0.29) is 11.6 Å². The first-order valence-corrected chi connectivity index (χ1v) is 8.27. The summed E-state index contributed by atoms with van der Waals surface area (Å²) in [6.45, 7) is 0. The quantitative estimate of drug-likeness (QED) is 0.862. The number of nitrogens with zero attached hydrogens (tertiary/aromatic N) is 2. The number of rotatable bonds is 5. The third-order valence-electron chi connectivity index (χ3n) is 4.02. The van der Waals surface area contributed by atoms with Crippen molar-refractivity contribution in [2.75, 3.05) is 17.7 Å². The number of anilines is 2. The minimum absolute atomic E-state index is 0.285. The van der Waals surface area contributed by atoms with Crippen LogP contribution in [-0.4, -0.2) is 29.0 Å². The fraction of sp³-hybridized carbons (Fsp3) is 0.353. The molecule has 1 aliphatic carbocycles. The van der Waals surface area contributed by atoms with Crippen molar-refractivity contribution in [1.29, 1.82) is 0 Å². The van der Waals surface area contributed by atoms with Crippen molar-refractivity contribution in [3.8, 4) is 5.75 Å². The first-order chi connectivity index (χ1) is 11.7. The minimum atomic E-state index is -0.340. The van der Waals surface area contributed by atoms with Gasteiger partial charge in [-0.1, -0.05) is 24.4 Å². The summed E-state index contributed by atoms with van der Waals surface area (Å²) in [6.07, 6.45) is 6.10. The van der Waals surface area contributed by atoms with Crippen molar-refractivity contribution >= 4 is 29.0 Å². The molecule has 1 aromatic carbocycles. The van der Waals surface area contributed by atoms with Crippen molar-refractivity contribution in [1.82, 2.24) is 9.97 Å². The molecule has 0 aliphatic heterocycles. The van der Waals surface area contributed by atoms with Gasteiger partial charge in [0.2, 0.25) is 0 Å². The van der Waals surface area contributed by atoms with Crippen LogP contribution in [0.2, 0.25) is 5.02 Å². The fourth-order valence-corrected chi connectivity index (χ4v) is 2.98. The highest BCUT2D eigenvalue weighted by Gasteiger charge is 2.17. The van der Waals surface area contributed by atoms with E-state index in [2.05, 4.69) is 20.6 Å². The summed E-state index contributed by atoms with van der Waals surface area (Å²) in [7, 11) is 1.53. The van der Waals surface area contributed by atoms with Gasteiger partial charge in [0.15, 0.2) is 0 Å². The van der Waals surface area contributed by atoms with Crippen molar-refractivity contribution in [3.05, 3.63) is 41.3 Å². The Kier molecular flexibility index (Phi) is 5.15. The van der Waals surface area contributed by atoms with E-state index in [1.807, 2.05) is 0 Å². The molecule has 0 atom stereocenters. The van der Waals surface area contributed by atoms with E-state index in [9.17, 15) is 4.79 Å². The maximum Gasteiger partial charge on any atom is 0.274 e. The lowest BCUT2D eigenvalue weighted by Gasteiger charge is -2.13. The molecule has 1 heterocycles. The van der Waals surface area contributed by atoms with Crippen molar-refractivity contribution < 1.29 is 9.53 Å². The van der Waals surface area contributed by atoms with Gasteiger partial charge in [-0.3, -0.25) is 4.79 Å². The average Bonchev–Trinajstić information content (AvgIpc) is 3.08. The van der Waals surface area contributed by atoms with E-state index in [1.54, 1.807) is 24.3 Å². The first kappa shape index (κ1) is 16.5. The molecule has 1 saturated carbocycles. The molecular formula is C17H19ClN4O2. The third-order valence-corrected chi connectivity index (χ3v) is 4.25. The van der Waals surface area contributed by atoms with Gasteiger partial charge < -0.3 is 15.4 Å². The number of nitrogens with one attached hydrogen (secondary N) is 2. The van der Waals surface area contributed by atoms with Gasteiger partial charge in [0.1, 0.15) is 23.6 Å². The highest BCUT2D eigenvalue weighted by Crippen LogP contribution is 2.28. The molecule has 1 aliphatic rings. The molecule has 0 radical (unpaired) electrons. The summed E-state index contributed by atoms with van der Waals surface area (Å²) >= 11 is 5.98. The number of carbonyl (C=O) groups excluding carboxylic acids is 1. The Bertz CT molecular complexity index is 732. The van der Waals surface area contributed by atoms with E-state index in [1.165, 1.54) is 26.3 Å². The number of hydrogen-bond donors (Lipinski definition) is 2. The normalized spacial score (nSPS) is 14.4. The van der Waals surface area contributed by atoms with Crippen molar-refractivity contribution in [2.24, 2.45) is 0 Å². The lowest BCUT2D eigenvalue weighted by molar-refractivity contribution is 0.102. The zero-order valence-corrected chi connectivity index (χ0v) is 14.1. The van der Waals surface area contributed by atoms with E-state index in [4.69, 9.17) is 16.3 Å². The molecule has 1 fully saturated rings. The second kappa shape index (κ2) is 7.49. The molecular weight excluding hydrogens is 328 g/mol. The Labute approximate surface area is 145 Å². The monoisotopic (exact) mass is 346 g/mol. The Morgan fingerprint density at radius 3 is 2.79 bits per heavy atom. The Balaban J connectivity index is 1.74. The average molecular weight is 347 g/mol. The topological polar surface area (TPSA) is 76.1 Å². The molecule has 1 aromatic heterocycles. The molecule has 0 bridgehead atoms. The van der Waals surface area contributed by atoms with E-state index < -0.39 is 0 Å². The summed E-state index contributed by atoms with van der Waals surface area (Å²) in [5.74, 6) is 0.860. The van der Waals surface area contributed by atoms with Crippen LogP contribution in [0.3, 0.4) is 0 Å². The van der Waals surface area contributed by atoms with Gasteiger partial charge in [0.05, 0.1) is 12.8 Å². The Hall–Kier alpha value is -2.34. The number of amides is 1. The molecule has 0 unspecified atom stereocenters. The molecule has 3 rings (SSSR count).